The lowest BCUT2D eigenvalue weighted by Crippen LogP contribution is -2.53. The van der Waals surface area contributed by atoms with Crippen molar-refractivity contribution in [2.45, 2.75) is 89.0 Å². The SMILES string of the molecule is CCn1nccc1C(=O)N[C@H](c1cn2nc(C[C@H]3C[C@@H](C(F)(F)F)CNC3=O)c(N3CCN(C)[C@H](C4CC4)C3)nc2n1)C1CCC(F)(F)CC1. The molecule has 7 rings (SSSR count). The molecule has 2 N–H and O–H groups in total. The number of halogens is 5. The van der Waals surface area contributed by atoms with Gasteiger partial charge in [0.1, 0.15) is 11.4 Å². The molecule has 4 aliphatic rings. The molecule has 4 atom stereocenters. The standard InChI is InChI=1S/C33H43F5N10O2/c1-3-47-25(8-11-40-47)30(50)42-27(20-6-9-32(34,35)10-7-20)24-17-48-31(41-24)43-28(46-13-12-45(2)26(18-46)19-4-5-19)23(44-48)15-21-14-22(33(36,37)38)16-39-29(21)49/h8,11,17,19-22,26-27H,3-7,9-10,12-16,18H2,1-2H3,(H,39,49)(H,42,50)/t21-,22-,26+,27+/m1/s1. The Morgan fingerprint density at radius 2 is 1.90 bits per heavy atom. The fraction of sp³-hybridized carbons (Fsp3) is 0.697. The Morgan fingerprint density at radius 3 is 2.60 bits per heavy atom. The summed E-state index contributed by atoms with van der Waals surface area (Å²) in [6, 6.07) is 1.12. The Labute approximate surface area is 286 Å². The third-order valence-corrected chi connectivity index (χ3v) is 11.0. The molecular formula is C33H43F5N10O2. The quantitative estimate of drug-likeness (QED) is 0.320. The molecule has 50 heavy (non-hydrogen) atoms. The van der Waals surface area contributed by atoms with Gasteiger partial charge in [0.05, 0.1) is 23.9 Å². The number of imidazole rings is 1. The molecule has 17 heteroatoms. The first kappa shape index (κ1) is 34.6. The molecule has 2 saturated heterocycles. The van der Waals surface area contributed by atoms with Crippen molar-refractivity contribution in [1.29, 1.82) is 0 Å². The Hall–Kier alpha value is -3.89. The summed E-state index contributed by atoms with van der Waals surface area (Å²) in [5.74, 6) is -5.40. The predicted octanol–water partition coefficient (Wildman–Crippen LogP) is 4.02. The van der Waals surface area contributed by atoms with Crippen molar-refractivity contribution in [2.75, 3.05) is 38.1 Å². The van der Waals surface area contributed by atoms with E-state index in [0.717, 1.165) is 19.4 Å². The van der Waals surface area contributed by atoms with E-state index in [2.05, 4.69) is 32.6 Å². The molecule has 2 amide bonds. The zero-order valence-electron chi connectivity index (χ0n) is 28.2. The molecular weight excluding hydrogens is 663 g/mol. The highest BCUT2D eigenvalue weighted by Crippen LogP contribution is 2.42. The number of piperidine rings is 1. The van der Waals surface area contributed by atoms with Crippen molar-refractivity contribution < 1.29 is 31.5 Å². The molecule has 0 aromatic carbocycles. The smallest absolute Gasteiger partial charge is 0.355 e. The van der Waals surface area contributed by atoms with Gasteiger partial charge >= 0.3 is 6.18 Å². The van der Waals surface area contributed by atoms with Crippen LogP contribution in [0.3, 0.4) is 0 Å². The second-order valence-electron chi connectivity index (χ2n) is 14.4. The number of piperazine rings is 1. The Kier molecular flexibility index (Phi) is 9.22. The summed E-state index contributed by atoms with van der Waals surface area (Å²) in [7, 11) is 2.09. The van der Waals surface area contributed by atoms with E-state index in [4.69, 9.17) is 15.1 Å². The number of rotatable bonds is 9. The molecule has 2 aliphatic heterocycles. The summed E-state index contributed by atoms with van der Waals surface area (Å²) < 4.78 is 72.7. The summed E-state index contributed by atoms with van der Waals surface area (Å²) >= 11 is 0. The molecule has 2 saturated carbocycles. The van der Waals surface area contributed by atoms with Crippen LogP contribution in [-0.4, -0.2) is 97.4 Å². The van der Waals surface area contributed by atoms with E-state index in [9.17, 15) is 31.5 Å². The number of nitrogens with one attached hydrogen (secondary N) is 2. The summed E-state index contributed by atoms with van der Waals surface area (Å²) in [5.41, 5.74) is 1.10. The van der Waals surface area contributed by atoms with Gasteiger partial charge in [0.15, 0.2) is 5.82 Å². The van der Waals surface area contributed by atoms with E-state index < -0.39 is 48.3 Å². The predicted molar refractivity (Wildman–Crippen MR) is 172 cm³/mol. The van der Waals surface area contributed by atoms with Crippen molar-refractivity contribution in [3.8, 4) is 0 Å². The van der Waals surface area contributed by atoms with Gasteiger partial charge in [-0.3, -0.25) is 19.2 Å². The lowest BCUT2D eigenvalue weighted by atomic mass is 9.81. The second-order valence-corrected chi connectivity index (χ2v) is 14.4. The van der Waals surface area contributed by atoms with E-state index in [1.54, 1.807) is 16.9 Å². The highest BCUT2D eigenvalue weighted by atomic mass is 19.4. The lowest BCUT2D eigenvalue weighted by molar-refractivity contribution is -0.183. The van der Waals surface area contributed by atoms with E-state index >= 15 is 0 Å². The average molecular weight is 707 g/mol. The summed E-state index contributed by atoms with van der Waals surface area (Å²) in [6.45, 7) is 3.86. The first-order chi connectivity index (χ1) is 23.8. The van der Waals surface area contributed by atoms with Gasteiger partial charge < -0.3 is 15.5 Å². The largest absolute Gasteiger partial charge is 0.393 e. The van der Waals surface area contributed by atoms with Crippen LogP contribution >= 0.6 is 0 Å². The van der Waals surface area contributed by atoms with Gasteiger partial charge in [-0.15, -0.1) is 0 Å². The maximum atomic E-state index is 14.2. The van der Waals surface area contributed by atoms with Crippen LogP contribution < -0.4 is 15.5 Å². The number of fused-ring (bicyclic) bond motifs is 1. The molecule has 0 unspecified atom stereocenters. The number of hydrogen-bond acceptors (Lipinski definition) is 8. The number of nitrogens with zero attached hydrogens (tertiary/aromatic N) is 8. The minimum atomic E-state index is -4.45. The van der Waals surface area contributed by atoms with Gasteiger partial charge in [-0.2, -0.15) is 28.4 Å². The van der Waals surface area contributed by atoms with E-state index in [-0.39, 0.29) is 56.3 Å². The average Bonchev–Trinajstić information content (AvgIpc) is 3.65. The molecule has 272 valence electrons. The monoisotopic (exact) mass is 706 g/mol. The molecule has 2 aliphatic carbocycles. The second kappa shape index (κ2) is 13.3. The number of carbonyl (C=O) groups is 2. The molecule has 0 spiro atoms. The highest BCUT2D eigenvalue weighted by molar-refractivity contribution is 5.92. The van der Waals surface area contributed by atoms with Crippen LogP contribution in [0.15, 0.2) is 18.5 Å². The summed E-state index contributed by atoms with van der Waals surface area (Å²) in [4.78, 5) is 40.5. The number of aromatic nitrogens is 6. The maximum absolute atomic E-state index is 14.2. The van der Waals surface area contributed by atoms with Gasteiger partial charge in [0.2, 0.25) is 11.8 Å². The van der Waals surface area contributed by atoms with Crippen LogP contribution in [0.4, 0.5) is 27.8 Å². The molecule has 12 nitrogen and oxygen atoms in total. The molecule has 5 heterocycles. The van der Waals surface area contributed by atoms with E-state index in [1.807, 2.05) is 6.92 Å². The Bertz CT molecular complexity index is 1710. The van der Waals surface area contributed by atoms with Crippen molar-refractivity contribution in [2.24, 2.45) is 23.7 Å². The van der Waals surface area contributed by atoms with Crippen molar-refractivity contribution in [3.63, 3.8) is 0 Å². The van der Waals surface area contributed by atoms with Crippen molar-refractivity contribution in [1.82, 2.24) is 44.9 Å². The van der Waals surface area contributed by atoms with Crippen LogP contribution in [0.25, 0.3) is 5.78 Å². The molecule has 4 fully saturated rings. The lowest BCUT2D eigenvalue weighted by Gasteiger charge is -2.41. The number of aryl methyl sites for hydroxylation is 1. The van der Waals surface area contributed by atoms with Crippen molar-refractivity contribution >= 4 is 23.4 Å². The Morgan fingerprint density at radius 1 is 1.14 bits per heavy atom. The maximum Gasteiger partial charge on any atom is 0.393 e. The van der Waals surface area contributed by atoms with Crippen LogP contribution in [-0.2, 0) is 17.8 Å². The number of hydrogen-bond donors (Lipinski definition) is 2. The highest BCUT2D eigenvalue weighted by Gasteiger charge is 2.46. The number of amides is 2. The van der Waals surface area contributed by atoms with Crippen LogP contribution in [0.5, 0.6) is 0 Å². The third kappa shape index (κ3) is 7.15. The van der Waals surface area contributed by atoms with Crippen LogP contribution in [0, 0.1) is 23.7 Å². The Balaban J connectivity index is 1.25. The van der Waals surface area contributed by atoms with E-state index in [0.29, 0.717) is 48.5 Å². The first-order valence-electron chi connectivity index (χ1n) is 17.6. The molecule has 3 aromatic heterocycles. The van der Waals surface area contributed by atoms with Gasteiger partial charge in [-0.25, -0.2) is 18.3 Å². The number of likely N-dealkylation sites (N-methyl/N-ethyl adjacent to an activating group) is 1. The molecule has 3 aromatic rings. The minimum absolute atomic E-state index is 0.0521. The fourth-order valence-corrected chi connectivity index (χ4v) is 7.86. The van der Waals surface area contributed by atoms with E-state index in [1.165, 1.54) is 10.7 Å². The van der Waals surface area contributed by atoms with Gasteiger partial charge in [0, 0.05) is 70.1 Å². The van der Waals surface area contributed by atoms with Gasteiger partial charge in [-0.1, -0.05) is 0 Å². The summed E-state index contributed by atoms with van der Waals surface area (Å²) in [6.07, 6.45) is 0.216. The number of anilines is 1. The minimum Gasteiger partial charge on any atom is -0.355 e. The number of alkyl halides is 5. The zero-order chi connectivity index (χ0) is 35.4. The zero-order valence-corrected chi connectivity index (χ0v) is 28.2. The topological polar surface area (TPSA) is 126 Å². The van der Waals surface area contributed by atoms with Crippen LogP contribution in [0.2, 0.25) is 0 Å². The molecule has 0 bridgehead atoms. The van der Waals surface area contributed by atoms with Gasteiger partial charge in [0.25, 0.3) is 11.7 Å². The normalized spacial score (nSPS) is 25.9. The number of carbonyl (C=O) groups excluding carboxylic acids is 2. The first-order valence-corrected chi connectivity index (χ1v) is 17.6. The van der Waals surface area contributed by atoms with Crippen molar-refractivity contribution in [3.05, 3.63) is 35.5 Å². The summed E-state index contributed by atoms with van der Waals surface area (Å²) in [5, 5.41) is 14.5. The third-order valence-electron chi connectivity index (χ3n) is 11.0. The molecule has 0 radical (unpaired) electrons. The van der Waals surface area contributed by atoms with Gasteiger partial charge in [-0.05, 0) is 64.0 Å². The fourth-order valence-electron chi connectivity index (χ4n) is 7.86. The van der Waals surface area contributed by atoms with Crippen LogP contribution in [0.1, 0.15) is 79.8 Å².